The molecule has 168 valence electrons. The molecule has 0 saturated heterocycles. The summed E-state index contributed by atoms with van der Waals surface area (Å²) in [7, 11) is 0. The van der Waals surface area contributed by atoms with Crippen molar-refractivity contribution in [2.45, 2.75) is 64.7 Å². The number of hydrogen-bond acceptors (Lipinski definition) is 3. The zero-order chi connectivity index (χ0) is 22.0. The van der Waals surface area contributed by atoms with E-state index in [2.05, 4.69) is 67.5 Å². The molecule has 4 heteroatoms. The minimum Gasteiger partial charge on any atom is -0.396 e. The summed E-state index contributed by atoms with van der Waals surface area (Å²) in [4.78, 5) is 4.65. The first-order valence-corrected chi connectivity index (χ1v) is 11.4. The Labute approximate surface area is 203 Å². The smallest absolute Gasteiger partial charge is 0.396 e. The molecule has 0 unspecified atom stereocenters. The Balaban J connectivity index is 0.000000483. The van der Waals surface area contributed by atoms with Gasteiger partial charge in [-0.1, -0.05) is 68.1 Å². The largest absolute Gasteiger partial charge is 1.00 e. The van der Waals surface area contributed by atoms with Crippen molar-refractivity contribution in [1.82, 2.24) is 4.98 Å². The second-order valence-corrected chi connectivity index (χ2v) is 7.82. The Hall–Kier alpha value is -1.27. The van der Waals surface area contributed by atoms with Crippen LogP contribution in [0.5, 0.6) is 0 Å². The molecule has 1 aliphatic rings. The molecule has 1 aromatic heterocycles. The van der Waals surface area contributed by atoms with Gasteiger partial charge in [0.1, 0.15) is 5.82 Å². The maximum Gasteiger partial charge on any atom is 1.00 e. The van der Waals surface area contributed by atoms with Gasteiger partial charge in [0.25, 0.3) is 0 Å². The SMILES string of the molecule is [CH2-]CCCCc1ccc2c(n1)NCCC2.[CH2-]CCc1ccccc1.[CH2-]C[C@H](C)CO.[Li+]. The molecule has 0 amide bonds. The molecule has 2 aromatic rings. The molecule has 0 bridgehead atoms. The summed E-state index contributed by atoms with van der Waals surface area (Å²) >= 11 is 0. The first kappa shape index (κ1) is 29.7. The van der Waals surface area contributed by atoms with Crippen molar-refractivity contribution in [3.05, 3.63) is 80.1 Å². The topological polar surface area (TPSA) is 45.2 Å². The number of pyridine rings is 1. The van der Waals surface area contributed by atoms with Crippen molar-refractivity contribution >= 4 is 5.82 Å². The van der Waals surface area contributed by atoms with Gasteiger partial charge in [0, 0.05) is 18.8 Å². The summed E-state index contributed by atoms with van der Waals surface area (Å²) in [6.07, 6.45) is 9.85. The summed E-state index contributed by atoms with van der Waals surface area (Å²) in [6, 6.07) is 14.8. The van der Waals surface area contributed by atoms with Crippen LogP contribution in [-0.4, -0.2) is 23.2 Å². The first-order valence-electron chi connectivity index (χ1n) is 11.4. The fourth-order valence-electron chi connectivity index (χ4n) is 2.93. The molecule has 1 aromatic carbocycles. The number of anilines is 1. The zero-order valence-corrected chi connectivity index (χ0v) is 19.9. The molecule has 1 atom stereocenters. The number of nitrogens with zero attached hydrogens (tertiary/aromatic N) is 1. The second-order valence-electron chi connectivity index (χ2n) is 7.82. The molecule has 31 heavy (non-hydrogen) atoms. The molecule has 2 heterocycles. The van der Waals surface area contributed by atoms with E-state index in [-0.39, 0.29) is 25.5 Å². The van der Waals surface area contributed by atoms with Gasteiger partial charge in [-0.3, -0.25) is 0 Å². The third-order valence-corrected chi connectivity index (χ3v) is 5.00. The van der Waals surface area contributed by atoms with Gasteiger partial charge >= 0.3 is 18.9 Å². The van der Waals surface area contributed by atoms with Crippen LogP contribution >= 0.6 is 0 Å². The van der Waals surface area contributed by atoms with Crippen LogP contribution < -0.4 is 24.2 Å². The van der Waals surface area contributed by atoms with E-state index < -0.39 is 0 Å². The predicted molar refractivity (Wildman–Crippen MR) is 130 cm³/mol. The second kappa shape index (κ2) is 19.4. The molecule has 1 aliphatic heterocycles. The normalized spacial score (nSPS) is 12.5. The van der Waals surface area contributed by atoms with E-state index in [4.69, 9.17) is 5.11 Å². The van der Waals surface area contributed by atoms with Gasteiger partial charge in [-0.25, -0.2) is 4.98 Å². The minimum absolute atomic E-state index is 0. The van der Waals surface area contributed by atoms with E-state index in [1.54, 1.807) is 0 Å². The maximum atomic E-state index is 8.29. The van der Waals surface area contributed by atoms with Gasteiger partial charge in [-0.2, -0.15) is 19.3 Å². The van der Waals surface area contributed by atoms with Crippen LogP contribution in [0.25, 0.3) is 0 Å². The molecule has 3 nitrogen and oxygen atoms in total. The number of aliphatic hydroxyl groups is 1. The van der Waals surface area contributed by atoms with E-state index in [9.17, 15) is 0 Å². The number of unbranched alkanes of at least 4 members (excludes halogenated alkanes) is 2. The van der Waals surface area contributed by atoms with E-state index in [1.165, 1.54) is 42.5 Å². The Morgan fingerprint density at radius 1 is 1.00 bits per heavy atom. The number of benzene rings is 1. The van der Waals surface area contributed by atoms with Crippen molar-refractivity contribution < 1.29 is 24.0 Å². The van der Waals surface area contributed by atoms with E-state index >= 15 is 0 Å². The standard InChI is InChI=1S/C13H19N2.C9H11.C5H11O.Li/c1-2-3-4-7-12-9-8-11-6-5-10-14-13(11)15-12;1-2-6-9-7-4-3-5-8-9;1-3-5(2)4-6;/h8-9H,1-7,10H2,(H,14,15);3-5,7-8H,1-2,6H2;5-6H,1,3-4H2,2H3;/q3*-1;+1/t;;5-;/m..0./s1. The van der Waals surface area contributed by atoms with E-state index in [1.807, 2.05) is 13.0 Å². The van der Waals surface area contributed by atoms with Crippen LogP contribution in [0.4, 0.5) is 5.82 Å². The number of aryl methyl sites for hydroxylation is 3. The van der Waals surface area contributed by atoms with Crippen LogP contribution in [0.3, 0.4) is 0 Å². The first-order chi connectivity index (χ1) is 14.6. The summed E-state index contributed by atoms with van der Waals surface area (Å²) < 4.78 is 0. The minimum atomic E-state index is 0. The zero-order valence-electron chi connectivity index (χ0n) is 19.9. The molecular weight excluding hydrogens is 375 g/mol. The van der Waals surface area contributed by atoms with Crippen LogP contribution in [0, 0.1) is 26.7 Å². The van der Waals surface area contributed by atoms with Crippen molar-refractivity contribution in [1.29, 1.82) is 0 Å². The van der Waals surface area contributed by atoms with E-state index in [0.29, 0.717) is 5.92 Å². The maximum absolute atomic E-state index is 8.29. The predicted octanol–water partition coefficient (Wildman–Crippen LogP) is 3.28. The molecule has 3 rings (SSSR count). The van der Waals surface area contributed by atoms with Gasteiger partial charge in [-0.05, 0) is 36.8 Å². The van der Waals surface area contributed by atoms with E-state index in [0.717, 1.165) is 44.5 Å². The summed E-state index contributed by atoms with van der Waals surface area (Å²) in [6.45, 7) is 14.5. The van der Waals surface area contributed by atoms with Gasteiger partial charge < -0.3 is 31.2 Å². The fourth-order valence-corrected chi connectivity index (χ4v) is 2.93. The number of aliphatic hydroxyl groups excluding tert-OH is 1. The van der Waals surface area contributed by atoms with Crippen molar-refractivity contribution in [3.63, 3.8) is 0 Å². The van der Waals surface area contributed by atoms with Gasteiger partial charge in [-0.15, -0.1) is 0 Å². The number of fused-ring (bicyclic) bond motifs is 1. The van der Waals surface area contributed by atoms with Crippen LogP contribution in [-0.2, 0) is 19.3 Å². The van der Waals surface area contributed by atoms with Crippen LogP contribution in [0.2, 0.25) is 0 Å². The summed E-state index contributed by atoms with van der Waals surface area (Å²) in [5.74, 6) is 1.50. The van der Waals surface area contributed by atoms with Crippen molar-refractivity contribution in [2.24, 2.45) is 5.92 Å². The number of rotatable bonds is 8. The molecule has 0 radical (unpaired) electrons. The molecule has 2 N–H and O–H groups in total. The van der Waals surface area contributed by atoms with Crippen LogP contribution in [0.1, 0.15) is 62.3 Å². The average Bonchev–Trinajstić information content (AvgIpc) is 2.80. The Kier molecular flexibility index (Phi) is 18.6. The summed E-state index contributed by atoms with van der Waals surface area (Å²) in [5, 5.41) is 11.7. The summed E-state index contributed by atoms with van der Waals surface area (Å²) in [5.41, 5.74) is 3.98. The quantitative estimate of drug-likeness (QED) is 0.394. The molecule has 0 saturated carbocycles. The Morgan fingerprint density at radius 2 is 1.74 bits per heavy atom. The van der Waals surface area contributed by atoms with Gasteiger partial charge in [0.2, 0.25) is 0 Å². The molecular formula is C27H41LiN2O-2. The molecule has 0 spiro atoms. The third-order valence-electron chi connectivity index (χ3n) is 5.00. The molecule has 0 aliphatic carbocycles. The van der Waals surface area contributed by atoms with Gasteiger partial charge in [0.05, 0.1) is 0 Å². The van der Waals surface area contributed by atoms with Crippen molar-refractivity contribution in [2.75, 3.05) is 18.5 Å². The number of aromatic nitrogens is 1. The number of hydrogen-bond donors (Lipinski definition) is 2. The Morgan fingerprint density at radius 3 is 2.32 bits per heavy atom. The van der Waals surface area contributed by atoms with Crippen LogP contribution in [0.15, 0.2) is 42.5 Å². The number of nitrogens with one attached hydrogen (secondary N) is 1. The van der Waals surface area contributed by atoms with Crippen molar-refractivity contribution in [3.8, 4) is 0 Å². The Bertz CT molecular complexity index is 660. The third kappa shape index (κ3) is 13.7. The van der Waals surface area contributed by atoms with Gasteiger partial charge in [0.15, 0.2) is 0 Å². The average molecular weight is 417 g/mol. The monoisotopic (exact) mass is 416 g/mol. The fraction of sp³-hybridized carbons (Fsp3) is 0.481. The molecule has 0 fully saturated rings.